The fourth-order valence-corrected chi connectivity index (χ4v) is 5.30. The Morgan fingerprint density at radius 2 is 2.03 bits per heavy atom. The maximum absolute atomic E-state index is 13.1. The zero-order valence-electron chi connectivity index (χ0n) is 19.0. The van der Waals surface area contributed by atoms with Crippen molar-refractivity contribution in [2.24, 2.45) is 5.73 Å². The summed E-state index contributed by atoms with van der Waals surface area (Å²) in [5, 5.41) is 12.8. The van der Waals surface area contributed by atoms with Gasteiger partial charge in [0.25, 0.3) is 5.91 Å². The molecule has 1 aliphatic heterocycles. The number of aromatic amines is 1. The van der Waals surface area contributed by atoms with Crippen molar-refractivity contribution in [3.8, 4) is 11.4 Å². The summed E-state index contributed by atoms with van der Waals surface area (Å²) in [6, 6.07) is 0.301. The molecule has 4 heterocycles. The molecule has 5 rings (SSSR count). The third-order valence-electron chi connectivity index (χ3n) is 6.20. The number of likely N-dealkylation sites (tertiary alicyclic amines) is 1. The lowest BCUT2D eigenvalue weighted by atomic mass is 9.73. The van der Waals surface area contributed by atoms with E-state index in [-0.39, 0.29) is 42.1 Å². The molecule has 34 heavy (non-hydrogen) atoms. The summed E-state index contributed by atoms with van der Waals surface area (Å²) in [6.07, 6.45) is 4.45. The lowest BCUT2D eigenvalue weighted by Crippen LogP contribution is -2.39. The van der Waals surface area contributed by atoms with Gasteiger partial charge in [0, 0.05) is 42.8 Å². The second-order valence-electron chi connectivity index (χ2n) is 9.20. The summed E-state index contributed by atoms with van der Waals surface area (Å²) in [7, 11) is 0. The quantitative estimate of drug-likeness (QED) is 0.405. The van der Waals surface area contributed by atoms with Crippen molar-refractivity contribution in [3.05, 3.63) is 34.1 Å². The number of anilines is 2. The fourth-order valence-electron chi connectivity index (χ4n) is 4.60. The molecule has 6 N–H and O–H groups in total. The molecule has 0 aromatic carbocycles. The van der Waals surface area contributed by atoms with Gasteiger partial charge in [-0.3, -0.25) is 20.1 Å². The third kappa shape index (κ3) is 5.03. The molecule has 10 nitrogen and oxygen atoms in total. The largest absolute Gasteiger partial charge is 0.368 e. The number of piperidine rings is 1. The van der Waals surface area contributed by atoms with Gasteiger partial charge in [0.15, 0.2) is 10.8 Å². The van der Waals surface area contributed by atoms with Crippen LogP contribution in [0.4, 0.5) is 11.1 Å². The van der Waals surface area contributed by atoms with Crippen LogP contribution in [0.1, 0.15) is 54.0 Å². The first-order chi connectivity index (χ1) is 15.3. The molecule has 1 fully saturated rings. The lowest BCUT2D eigenvalue weighted by molar-refractivity contribution is 0.102. The molecular formula is C21H29Cl2N9OS. The number of nitrogen functional groups attached to an aromatic ring is 1. The second-order valence-corrected chi connectivity index (χ2v) is 10.1. The third-order valence-corrected chi connectivity index (χ3v) is 7.01. The number of hydrogen-bond donors (Lipinski definition) is 4. The molecule has 0 bridgehead atoms. The number of hydrogen-bond acceptors (Lipinski definition) is 9. The van der Waals surface area contributed by atoms with Gasteiger partial charge in [0.2, 0.25) is 5.95 Å². The Balaban J connectivity index is 0.00000162. The summed E-state index contributed by atoms with van der Waals surface area (Å²) >= 11 is 1.42. The van der Waals surface area contributed by atoms with Gasteiger partial charge in [0.05, 0.1) is 17.1 Å². The first-order valence-electron chi connectivity index (χ1n) is 10.7. The average Bonchev–Trinajstić information content (AvgIpc) is 3.38. The Morgan fingerprint density at radius 1 is 1.29 bits per heavy atom. The van der Waals surface area contributed by atoms with Crippen LogP contribution >= 0.6 is 36.2 Å². The second kappa shape index (κ2) is 10.1. The maximum atomic E-state index is 13.1. The number of aromatic nitrogens is 5. The molecule has 3 aromatic heterocycles. The van der Waals surface area contributed by atoms with Crippen LogP contribution in [0.5, 0.6) is 0 Å². The highest BCUT2D eigenvalue weighted by Gasteiger charge is 2.38. The molecule has 184 valence electrons. The van der Waals surface area contributed by atoms with Crippen molar-refractivity contribution < 1.29 is 4.79 Å². The molecule has 0 saturated carbocycles. The van der Waals surface area contributed by atoms with Crippen LogP contribution in [0.15, 0.2) is 11.6 Å². The van der Waals surface area contributed by atoms with E-state index in [0.29, 0.717) is 29.0 Å². The molecular weight excluding hydrogens is 497 g/mol. The highest BCUT2D eigenvalue weighted by Crippen LogP contribution is 2.42. The van der Waals surface area contributed by atoms with Crippen molar-refractivity contribution >= 4 is 53.1 Å². The van der Waals surface area contributed by atoms with Crippen molar-refractivity contribution in [2.75, 3.05) is 24.1 Å². The van der Waals surface area contributed by atoms with Crippen LogP contribution in [0.2, 0.25) is 0 Å². The van der Waals surface area contributed by atoms with Gasteiger partial charge < -0.3 is 11.5 Å². The van der Waals surface area contributed by atoms with Gasteiger partial charge >= 0.3 is 0 Å². The number of thiazole rings is 1. The van der Waals surface area contributed by atoms with E-state index in [9.17, 15) is 4.79 Å². The van der Waals surface area contributed by atoms with E-state index in [4.69, 9.17) is 11.5 Å². The minimum atomic E-state index is -0.315. The van der Waals surface area contributed by atoms with E-state index in [1.807, 2.05) is 5.38 Å². The first kappa shape index (κ1) is 26.3. The van der Waals surface area contributed by atoms with Gasteiger partial charge in [-0.05, 0) is 30.2 Å². The number of fused-ring (bicyclic) bond motifs is 3. The minimum absolute atomic E-state index is 0. The number of halogens is 2. The Kier molecular flexibility index (Phi) is 7.83. The van der Waals surface area contributed by atoms with Crippen LogP contribution in [0.3, 0.4) is 0 Å². The van der Waals surface area contributed by atoms with Crippen LogP contribution in [0, 0.1) is 0 Å². The SMILES string of the molecule is CC1(C)Cc2cnc(N)nc2-c2[nH]nc(C(=O)Nc3nc(CN4CCC(N)CC4)cs3)c21.Cl.Cl. The smallest absolute Gasteiger partial charge is 0.278 e. The zero-order chi connectivity index (χ0) is 22.5. The molecule has 3 aromatic rings. The van der Waals surface area contributed by atoms with Crippen molar-refractivity contribution in [2.45, 2.75) is 51.1 Å². The predicted molar refractivity (Wildman–Crippen MR) is 138 cm³/mol. The highest BCUT2D eigenvalue weighted by molar-refractivity contribution is 7.14. The van der Waals surface area contributed by atoms with E-state index in [0.717, 1.165) is 55.0 Å². The topological polar surface area (TPSA) is 152 Å². The Morgan fingerprint density at radius 3 is 2.76 bits per heavy atom. The zero-order valence-corrected chi connectivity index (χ0v) is 21.4. The number of nitrogens with one attached hydrogen (secondary N) is 2. The number of nitrogens with two attached hydrogens (primary N) is 2. The van der Waals surface area contributed by atoms with Gasteiger partial charge in [-0.2, -0.15) is 5.10 Å². The molecule has 2 aliphatic rings. The molecule has 0 unspecified atom stereocenters. The van der Waals surface area contributed by atoms with Crippen LogP contribution in [0.25, 0.3) is 11.4 Å². The monoisotopic (exact) mass is 525 g/mol. The summed E-state index contributed by atoms with van der Waals surface area (Å²) in [6.45, 7) is 6.89. The summed E-state index contributed by atoms with van der Waals surface area (Å²) in [5.74, 6) is -0.0908. The summed E-state index contributed by atoms with van der Waals surface area (Å²) < 4.78 is 0. The van der Waals surface area contributed by atoms with Crippen LogP contribution < -0.4 is 16.8 Å². The first-order valence-corrected chi connectivity index (χ1v) is 11.6. The van der Waals surface area contributed by atoms with E-state index in [2.05, 4.69) is 49.2 Å². The average molecular weight is 526 g/mol. The van der Waals surface area contributed by atoms with Gasteiger partial charge in [0.1, 0.15) is 0 Å². The Labute approximate surface area is 214 Å². The molecule has 1 saturated heterocycles. The maximum Gasteiger partial charge on any atom is 0.278 e. The molecule has 0 spiro atoms. The van der Waals surface area contributed by atoms with Gasteiger partial charge in [-0.25, -0.2) is 15.0 Å². The van der Waals surface area contributed by atoms with E-state index in [1.165, 1.54) is 11.3 Å². The Hall–Kier alpha value is -2.31. The lowest BCUT2D eigenvalue weighted by Gasteiger charge is -2.31. The normalized spacial score (nSPS) is 17.1. The standard InChI is InChI=1S/C21H27N9OS.2ClH/c1-21(2)7-11-8-24-19(23)26-15(11)16-14(21)17(29-28-16)18(31)27-20-25-13(10-32-20)9-30-5-3-12(22)4-6-30;;/h8,10,12H,3-7,9,22H2,1-2H3,(H,28,29)(H2,23,24,26)(H,25,27,31);2*1H. The predicted octanol–water partition coefficient (Wildman–Crippen LogP) is 2.76. The highest BCUT2D eigenvalue weighted by atomic mass is 35.5. The van der Waals surface area contributed by atoms with E-state index in [1.54, 1.807) is 6.20 Å². The van der Waals surface area contributed by atoms with E-state index < -0.39 is 0 Å². The molecule has 0 radical (unpaired) electrons. The Bertz CT molecular complexity index is 1170. The summed E-state index contributed by atoms with van der Waals surface area (Å²) in [5.41, 5.74) is 16.0. The number of amides is 1. The molecule has 13 heteroatoms. The number of nitrogens with zero attached hydrogens (tertiary/aromatic N) is 5. The molecule has 0 atom stereocenters. The van der Waals surface area contributed by atoms with Gasteiger partial charge in [-0.15, -0.1) is 36.2 Å². The number of carbonyl (C=O) groups is 1. The van der Waals surface area contributed by atoms with Crippen molar-refractivity contribution in [1.29, 1.82) is 0 Å². The van der Waals surface area contributed by atoms with E-state index >= 15 is 0 Å². The fraction of sp³-hybridized carbons (Fsp3) is 0.476. The summed E-state index contributed by atoms with van der Waals surface area (Å²) in [4.78, 5) is 28.6. The minimum Gasteiger partial charge on any atom is -0.368 e. The van der Waals surface area contributed by atoms with Crippen LogP contribution in [-0.2, 0) is 18.4 Å². The molecule has 1 amide bonds. The van der Waals surface area contributed by atoms with Crippen molar-refractivity contribution in [3.63, 3.8) is 0 Å². The van der Waals surface area contributed by atoms with Crippen LogP contribution in [-0.4, -0.2) is 55.1 Å². The number of rotatable bonds is 4. The number of H-pyrrole nitrogens is 1. The number of carbonyl (C=O) groups excluding carboxylic acids is 1. The van der Waals surface area contributed by atoms with Crippen molar-refractivity contribution in [1.82, 2.24) is 30.0 Å². The molecule has 1 aliphatic carbocycles. The van der Waals surface area contributed by atoms with Gasteiger partial charge in [-0.1, -0.05) is 13.8 Å².